The summed E-state index contributed by atoms with van der Waals surface area (Å²) < 4.78 is 11.5. The van der Waals surface area contributed by atoms with Crippen LogP contribution < -0.4 is 4.74 Å². The van der Waals surface area contributed by atoms with Gasteiger partial charge in [-0.25, -0.2) is 9.78 Å². The Morgan fingerprint density at radius 1 is 1.41 bits per heavy atom. The van der Waals surface area contributed by atoms with Crippen LogP contribution in [-0.2, 0) is 4.74 Å². The number of hydrogen-bond acceptors (Lipinski definition) is 4. The van der Waals surface area contributed by atoms with Gasteiger partial charge in [0.15, 0.2) is 0 Å². The Morgan fingerprint density at radius 3 is 2.77 bits per heavy atom. The van der Waals surface area contributed by atoms with Crippen molar-refractivity contribution in [1.29, 1.82) is 0 Å². The summed E-state index contributed by atoms with van der Waals surface area (Å²) in [6.45, 7) is 9.11. The summed E-state index contributed by atoms with van der Waals surface area (Å²) in [4.78, 5) is 18.2. The van der Waals surface area contributed by atoms with Crippen LogP contribution in [0.1, 0.15) is 40.5 Å². The molecule has 0 radical (unpaired) electrons. The molecular weight excluding hydrogens is 280 g/mol. The van der Waals surface area contributed by atoms with Crippen molar-refractivity contribution in [2.45, 2.75) is 52.2 Å². The number of piperidine rings is 1. The number of carbonyl (C=O) groups is 1. The van der Waals surface area contributed by atoms with E-state index < -0.39 is 5.60 Å². The van der Waals surface area contributed by atoms with Crippen molar-refractivity contribution in [3.05, 3.63) is 24.4 Å². The normalized spacial score (nSPS) is 22.3. The van der Waals surface area contributed by atoms with E-state index in [-0.39, 0.29) is 12.2 Å². The average molecular weight is 306 g/mol. The monoisotopic (exact) mass is 306 g/mol. The highest BCUT2D eigenvalue weighted by molar-refractivity contribution is 5.68. The molecule has 5 nitrogen and oxygen atoms in total. The molecule has 1 fully saturated rings. The Bertz CT molecular complexity index is 484. The van der Waals surface area contributed by atoms with Crippen LogP contribution in [0.4, 0.5) is 4.79 Å². The molecule has 2 heterocycles. The Labute approximate surface area is 132 Å². The molecule has 0 spiro atoms. The lowest BCUT2D eigenvalue weighted by Gasteiger charge is -2.38. The smallest absolute Gasteiger partial charge is 0.410 e. The maximum Gasteiger partial charge on any atom is 0.410 e. The van der Waals surface area contributed by atoms with Gasteiger partial charge in [-0.05, 0) is 33.3 Å². The first-order chi connectivity index (χ1) is 10.4. The van der Waals surface area contributed by atoms with Crippen LogP contribution in [0, 0.1) is 5.92 Å². The van der Waals surface area contributed by atoms with Gasteiger partial charge in [-0.3, -0.25) is 0 Å². The molecule has 1 saturated heterocycles. The van der Waals surface area contributed by atoms with Gasteiger partial charge >= 0.3 is 6.09 Å². The lowest BCUT2D eigenvalue weighted by Crippen LogP contribution is -2.49. The van der Waals surface area contributed by atoms with Crippen LogP contribution in [0.15, 0.2) is 24.4 Å². The molecule has 1 aliphatic rings. The Balaban J connectivity index is 1.95. The standard InChI is InChI=1S/C17H26N2O3/c1-5-13-12-19(16(20)22-17(2,3)4)11-9-14(13)21-15-8-6-7-10-18-15/h6-8,10,13-14H,5,9,11-12H2,1-4H3/t13-,14+/m1/s1. The molecule has 0 saturated carbocycles. The van der Waals surface area contributed by atoms with Gasteiger partial charge in [-0.15, -0.1) is 0 Å². The van der Waals surface area contributed by atoms with Crippen LogP contribution in [0.25, 0.3) is 0 Å². The van der Waals surface area contributed by atoms with E-state index in [0.717, 1.165) is 12.8 Å². The molecule has 5 heteroatoms. The van der Waals surface area contributed by atoms with Gasteiger partial charge in [0.25, 0.3) is 0 Å². The van der Waals surface area contributed by atoms with Crippen LogP contribution >= 0.6 is 0 Å². The number of likely N-dealkylation sites (tertiary alicyclic amines) is 1. The van der Waals surface area contributed by atoms with Crippen LogP contribution in [0.3, 0.4) is 0 Å². The molecule has 1 aromatic rings. The third-order valence-electron chi connectivity index (χ3n) is 3.75. The second-order valence-corrected chi connectivity index (χ2v) is 6.71. The first kappa shape index (κ1) is 16.6. The Kier molecular flexibility index (Phi) is 5.27. The van der Waals surface area contributed by atoms with E-state index in [2.05, 4.69) is 11.9 Å². The van der Waals surface area contributed by atoms with E-state index in [9.17, 15) is 4.79 Å². The van der Waals surface area contributed by atoms with Gasteiger partial charge in [0.1, 0.15) is 11.7 Å². The van der Waals surface area contributed by atoms with Gasteiger partial charge in [-0.1, -0.05) is 13.0 Å². The second kappa shape index (κ2) is 6.99. The maximum atomic E-state index is 12.2. The van der Waals surface area contributed by atoms with E-state index in [0.29, 0.717) is 24.9 Å². The van der Waals surface area contributed by atoms with E-state index in [4.69, 9.17) is 9.47 Å². The predicted octanol–water partition coefficient (Wildman–Crippen LogP) is 3.50. The fourth-order valence-electron chi connectivity index (χ4n) is 2.62. The summed E-state index contributed by atoms with van der Waals surface area (Å²) in [6.07, 6.45) is 3.35. The van der Waals surface area contributed by atoms with E-state index >= 15 is 0 Å². The molecule has 0 N–H and O–H groups in total. The number of nitrogens with zero attached hydrogens (tertiary/aromatic N) is 2. The van der Waals surface area contributed by atoms with Crippen LogP contribution in [0.2, 0.25) is 0 Å². The molecule has 2 atom stereocenters. The number of ether oxygens (including phenoxy) is 2. The SMILES string of the molecule is CC[C@@H]1CN(C(=O)OC(C)(C)C)CC[C@@H]1Oc1ccccn1. The lowest BCUT2D eigenvalue weighted by atomic mass is 9.92. The minimum atomic E-state index is -0.458. The van der Waals surface area contributed by atoms with Crippen molar-refractivity contribution in [2.75, 3.05) is 13.1 Å². The van der Waals surface area contributed by atoms with Crippen molar-refractivity contribution >= 4 is 6.09 Å². The van der Waals surface area contributed by atoms with Gasteiger partial charge in [0.2, 0.25) is 5.88 Å². The molecule has 0 unspecified atom stereocenters. The van der Waals surface area contributed by atoms with Crippen molar-refractivity contribution in [2.24, 2.45) is 5.92 Å². The van der Waals surface area contributed by atoms with E-state index in [1.165, 1.54) is 0 Å². The van der Waals surface area contributed by atoms with Crippen LogP contribution in [0.5, 0.6) is 5.88 Å². The molecule has 0 bridgehead atoms. The van der Waals surface area contributed by atoms with Gasteiger partial charge in [0.05, 0.1) is 0 Å². The first-order valence-electron chi connectivity index (χ1n) is 7.94. The summed E-state index contributed by atoms with van der Waals surface area (Å²) >= 11 is 0. The third-order valence-corrected chi connectivity index (χ3v) is 3.75. The molecule has 1 amide bonds. The number of hydrogen-bond donors (Lipinski definition) is 0. The highest BCUT2D eigenvalue weighted by atomic mass is 16.6. The largest absolute Gasteiger partial charge is 0.474 e. The molecule has 122 valence electrons. The fraction of sp³-hybridized carbons (Fsp3) is 0.647. The van der Waals surface area contributed by atoms with Gasteiger partial charge < -0.3 is 14.4 Å². The molecule has 1 aromatic heterocycles. The van der Waals surface area contributed by atoms with E-state index in [1.807, 2.05) is 39.0 Å². The zero-order chi connectivity index (χ0) is 16.2. The van der Waals surface area contributed by atoms with Gasteiger partial charge in [-0.2, -0.15) is 0 Å². The summed E-state index contributed by atoms with van der Waals surface area (Å²) in [5.74, 6) is 0.944. The summed E-state index contributed by atoms with van der Waals surface area (Å²) in [5, 5.41) is 0. The van der Waals surface area contributed by atoms with Crippen molar-refractivity contribution in [3.8, 4) is 5.88 Å². The average Bonchev–Trinajstić information content (AvgIpc) is 2.47. The van der Waals surface area contributed by atoms with Crippen molar-refractivity contribution in [1.82, 2.24) is 9.88 Å². The minimum Gasteiger partial charge on any atom is -0.474 e. The number of aromatic nitrogens is 1. The molecular formula is C17H26N2O3. The first-order valence-corrected chi connectivity index (χ1v) is 7.94. The predicted molar refractivity (Wildman–Crippen MR) is 84.9 cm³/mol. The molecule has 0 aliphatic carbocycles. The summed E-state index contributed by atoms with van der Waals surface area (Å²) in [5.41, 5.74) is -0.458. The lowest BCUT2D eigenvalue weighted by molar-refractivity contribution is -0.00381. The molecule has 2 rings (SSSR count). The zero-order valence-electron chi connectivity index (χ0n) is 13.9. The maximum absolute atomic E-state index is 12.2. The highest BCUT2D eigenvalue weighted by Crippen LogP contribution is 2.25. The zero-order valence-corrected chi connectivity index (χ0v) is 13.9. The molecule has 0 aromatic carbocycles. The highest BCUT2D eigenvalue weighted by Gasteiger charge is 2.33. The fourth-order valence-corrected chi connectivity index (χ4v) is 2.62. The Morgan fingerprint density at radius 2 is 2.18 bits per heavy atom. The number of rotatable bonds is 3. The van der Waals surface area contributed by atoms with E-state index in [1.54, 1.807) is 11.1 Å². The molecule has 22 heavy (non-hydrogen) atoms. The quantitative estimate of drug-likeness (QED) is 0.857. The minimum absolute atomic E-state index is 0.0959. The number of amides is 1. The summed E-state index contributed by atoms with van der Waals surface area (Å²) in [7, 11) is 0. The van der Waals surface area contributed by atoms with Gasteiger partial charge in [0, 0.05) is 37.7 Å². The number of carbonyl (C=O) groups excluding carboxylic acids is 1. The van der Waals surface area contributed by atoms with Crippen molar-refractivity contribution < 1.29 is 14.3 Å². The number of pyridine rings is 1. The Hall–Kier alpha value is -1.78. The van der Waals surface area contributed by atoms with Crippen molar-refractivity contribution in [3.63, 3.8) is 0 Å². The second-order valence-electron chi connectivity index (χ2n) is 6.71. The molecule has 1 aliphatic heterocycles. The summed E-state index contributed by atoms with van der Waals surface area (Å²) in [6, 6.07) is 5.65. The third kappa shape index (κ3) is 4.61. The topological polar surface area (TPSA) is 51.7 Å². The van der Waals surface area contributed by atoms with Crippen LogP contribution in [-0.4, -0.2) is 40.8 Å².